The number of nitrogens with one attached hydrogen (secondary N) is 1. The first-order valence-electron chi connectivity index (χ1n) is 5.40. The van der Waals surface area contributed by atoms with Gasteiger partial charge in [0.1, 0.15) is 13.5 Å². The van der Waals surface area contributed by atoms with Gasteiger partial charge in [0, 0.05) is 49.7 Å². The molecule has 0 saturated carbocycles. The summed E-state index contributed by atoms with van der Waals surface area (Å²) >= 11 is 0. The predicted octanol–water partition coefficient (Wildman–Crippen LogP) is 0.0793. The molecular formula is C12H14BN3O. The Morgan fingerprint density at radius 3 is 3.00 bits per heavy atom. The van der Waals surface area contributed by atoms with E-state index in [4.69, 9.17) is 0 Å². The molecule has 5 heteroatoms. The van der Waals surface area contributed by atoms with Gasteiger partial charge in [0.15, 0.2) is 5.78 Å². The third-order valence-corrected chi connectivity index (χ3v) is 2.46. The third-order valence-electron chi connectivity index (χ3n) is 2.46. The summed E-state index contributed by atoms with van der Waals surface area (Å²) in [6.45, 7) is 0. The van der Waals surface area contributed by atoms with Gasteiger partial charge in [-0.15, -0.1) is 0 Å². The SMILES string of the molecule is Bc1cnc2[nH]cc(C(=O)/C=C/N(C)C)c2c1. The zero-order valence-electron chi connectivity index (χ0n) is 10.2. The number of hydrogen-bond donors (Lipinski definition) is 1. The summed E-state index contributed by atoms with van der Waals surface area (Å²) in [5.74, 6) is -0.0163. The summed E-state index contributed by atoms with van der Waals surface area (Å²) in [6.07, 6.45) is 6.79. The number of ketones is 1. The van der Waals surface area contributed by atoms with E-state index in [-0.39, 0.29) is 5.78 Å². The fourth-order valence-electron chi connectivity index (χ4n) is 1.62. The minimum absolute atomic E-state index is 0.0163. The molecule has 0 radical (unpaired) electrons. The molecule has 0 aliphatic carbocycles. The number of rotatable bonds is 3. The number of nitrogens with zero attached hydrogens (tertiary/aromatic N) is 2. The Kier molecular flexibility index (Phi) is 3.00. The van der Waals surface area contributed by atoms with E-state index < -0.39 is 0 Å². The van der Waals surface area contributed by atoms with E-state index in [1.54, 1.807) is 24.7 Å². The maximum absolute atomic E-state index is 12.0. The van der Waals surface area contributed by atoms with Crippen LogP contribution in [0.15, 0.2) is 30.7 Å². The van der Waals surface area contributed by atoms with E-state index in [0.717, 1.165) is 16.5 Å². The highest BCUT2D eigenvalue weighted by Crippen LogP contribution is 2.15. The molecule has 0 aliphatic rings. The summed E-state index contributed by atoms with van der Waals surface area (Å²) < 4.78 is 0. The lowest BCUT2D eigenvalue weighted by Crippen LogP contribution is -2.04. The molecule has 2 heterocycles. The normalized spacial score (nSPS) is 11.2. The molecule has 0 aromatic carbocycles. The van der Waals surface area contributed by atoms with Crippen molar-refractivity contribution in [2.45, 2.75) is 0 Å². The van der Waals surface area contributed by atoms with Crippen LogP contribution in [0.3, 0.4) is 0 Å². The van der Waals surface area contributed by atoms with Crippen LogP contribution >= 0.6 is 0 Å². The van der Waals surface area contributed by atoms with E-state index in [9.17, 15) is 4.79 Å². The van der Waals surface area contributed by atoms with Gasteiger partial charge in [0.2, 0.25) is 0 Å². The summed E-state index contributed by atoms with van der Waals surface area (Å²) in [5, 5.41) is 0.874. The standard InChI is InChI=1S/C12H14BN3O/c1-16(2)4-3-11(17)10-7-15-12-9(10)5-8(13)6-14-12/h3-7H,13H2,1-2H3,(H,14,15)/b4-3+. The Balaban J connectivity index is 2.42. The number of carbonyl (C=O) groups is 1. The van der Waals surface area contributed by atoms with Crippen LogP contribution in [0.5, 0.6) is 0 Å². The second-order valence-electron chi connectivity index (χ2n) is 4.25. The van der Waals surface area contributed by atoms with Crippen molar-refractivity contribution in [2.24, 2.45) is 0 Å². The first kappa shape index (κ1) is 11.5. The van der Waals surface area contributed by atoms with Crippen molar-refractivity contribution in [1.29, 1.82) is 0 Å². The van der Waals surface area contributed by atoms with Crippen molar-refractivity contribution in [3.05, 3.63) is 36.3 Å². The van der Waals surface area contributed by atoms with Crippen molar-refractivity contribution in [3.63, 3.8) is 0 Å². The maximum atomic E-state index is 12.0. The van der Waals surface area contributed by atoms with Gasteiger partial charge < -0.3 is 9.88 Å². The van der Waals surface area contributed by atoms with Crippen molar-refractivity contribution in [2.75, 3.05) is 14.1 Å². The molecule has 0 spiro atoms. The fourth-order valence-corrected chi connectivity index (χ4v) is 1.62. The largest absolute Gasteiger partial charge is 0.383 e. The molecule has 0 amide bonds. The topological polar surface area (TPSA) is 49.0 Å². The second kappa shape index (κ2) is 4.45. The molecule has 86 valence electrons. The number of H-pyrrole nitrogens is 1. The summed E-state index contributed by atoms with van der Waals surface area (Å²) in [5.41, 5.74) is 2.45. The Labute approximate surface area is 101 Å². The van der Waals surface area contributed by atoms with E-state index in [1.165, 1.54) is 0 Å². The number of pyridine rings is 1. The van der Waals surface area contributed by atoms with Crippen LogP contribution in [0.25, 0.3) is 11.0 Å². The van der Waals surface area contributed by atoms with Gasteiger partial charge in [-0.2, -0.15) is 0 Å². The lowest BCUT2D eigenvalue weighted by atomic mass is 9.97. The van der Waals surface area contributed by atoms with Crippen LogP contribution in [-0.4, -0.2) is 42.6 Å². The van der Waals surface area contributed by atoms with Crippen LogP contribution in [0.4, 0.5) is 0 Å². The zero-order chi connectivity index (χ0) is 12.4. The van der Waals surface area contributed by atoms with Gasteiger partial charge in [-0.05, 0) is 0 Å². The number of aromatic nitrogens is 2. The van der Waals surface area contributed by atoms with Gasteiger partial charge in [0.05, 0.1) is 0 Å². The Morgan fingerprint density at radius 2 is 2.29 bits per heavy atom. The van der Waals surface area contributed by atoms with Gasteiger partial charge in [-0.3, -0.25) is 4.79 Å². The van der Waals surface area contributed by atoms with E-state index in [1.807, 2.05) is 32.9 Å². The molecule has 0 aliphatic heterocycles. The smallest absolute Gasteiger partial charge is 0.189 e. The summed E-state index contributed by atoms with van der Waals surface area (Å²) in [4.78, 5) is 21.0. The van der Waals surface area contributed by atoms with Crippen molar-refractivity contribution < 1.29 is 4.79 Å². The molecule has 0 unspecified atom stereocenters. The van der Waals surface area contributed by atoms with E-state index >= 15 is 0 Å². The lowest BCUT2D eigenvalue weighted by Gasteiger charge is -2.02. The number of hydrogen-bond acceptors (Lipinski definition) is 3. The first-order chi connectivity index (χ1) is 8.08. The predicted molar refractivity (Wildman–Crippen MR) is 71.4 cm³/mol. The molecule has 0 atom stereocenters. The van der Waals surface area contributed by atoms with E-state index in [2.05, 4.69) is 9.97 Å². The quantitative estimate of drug-likeness (QED) is 0.459. The number of carbonyl (C=O) groups excluding carboxylic acids is 1. The summed E-state index contributed by atoms with van der Waals surface area (Å²) in [7, 11) is 5.72. The van der Waals surface area contributed by atoms with Crippen LogP contribution in [0.2, 0.25) is 0 Å². The van der Waals surface area contributed by atoms with Crippen LogP contribution in [0, 0.1) is 0 Å². The highest BCUT2D eigenvalue weighted by Gasteiger charge is 2.10. The minimum atomic E-state index is -0.0163. The highest BCUT2D eigenvalue weighted by atomic mass is 16.1. The monoisotopic (exact) mass is 227 g/mol. The maximum Gasteiger partial charge on any atom is 0.189 e. The second-order valence-corrected chi connectivity index (χ2v) is 4.25. The van der Waals surface area contributed by atoms with Crippen molar-refractivity contribution >= 4 is 30.1 Å². The van der Waals surface area contributed by atoms with Gasteiger partial charge >= 0.3 is 0 Å². The first-order valence-corrected chi connectivity index (χ1v) is 5.40. The average Bonchev–Trinajstić information content (AvgIpc) is 2.68. The lowest BCUT2D eigenvalue weighted by molar-refractivity contribution is 0.104. The average molecular weight is 227 g/mol. The highest BCUT2D eigenvalue weighted by molar-refractivity contribution is 6.33. The Hall–Kier alpha value is -2.04. The Bertz CT molecular complexity index is 586. The molecule has 17 heavy (non-hydrogen) atoms. The van der Waals surface area contributed by atoms with E-state index in [0.29, 0.717) is 5.56 Å². The Morgan fingerprint density at radius 1 is 1.53 bits per heavy atom. The molecule has 1 N–H and O–H groups in total. The third kappa shape index (κ3) is 2.38. The number of allylic oxidation sites excluding steroid dienone is 1. The molecule has 4 nitrogen and oxygen atoms in total. The molecule has 2 aromatic heterocycles. The van der Waals surface area contributed by atoms with Crippen LogP contribution in [-0.2, 0) is 0 Å². The molecular weight excluding hydrogens is 213 g/mol. The summed E-state index contributed by atoms with van der Waals surface area (Å²) in [6, 6.07) is 1.97. The molecule has 0 fully saturated rings. The van der Waals surface area contributed by atoms with Gasteiger partial charge in [0.25, 0.3) is 0 Å². The van der Waals surface area contributed by atoms with Crippen molar-refractivity contribution in [1.82, 2.24) is 14.9 Å². The zero-order valence-corrected chi connectivity index (χ0v) is 10.2. The number of aromatic amines is 1. The fraction of sp³-hybridized carbons (Fsp3) is 0.167. The molecule has 2 rings (SSSR count). The molecule has 2 aromatic rings. The van der Waals surface area contributed by atoms with Crippen LogP contribution in [0.1, 0.15) is 10.4 Å². The molecule has 0 saturated heterocycles. The number of fused-ring (bicyclic) bond motifs is 1. The van der Waals surface area contributed by atoms with Gasteiger partial charge in [-0.25, -0.2) is 4.98 Å². The van der Waals surface area contributed by atoms with Crippen LogP contribution < -0.4 is 5.46 Å². The minimum Gasteiger partial charge on any atom is -0.383 e. The molecule has 0 bridgehead atoms. The van der Waals surface area contributed by atoms with Crippen molar-refractivity contribution in [3.8, 4) is 0 Å². The van der Waals surface area contributed by atoms with Gasteiger partial charge in [-0.1, -0.05) is 11.5 Å².